The van der Waals surface area contributed by atoms with Gasteiger partial charge < -0.3 is 14.1 Å². The number of nitrogens with zero attached hydrogens (tertiary/aromatic N) is 1. The van der Waals surface area contributed by atoms with Crippen LogP contribution in [-0.4, -0.2) is 36.7 Å². The molecule has 8 heteroatoms. The van der Waals surface area contributed by atoms with Crippen molar-refractivity contribution < 1.29 is 28.3 Å². The van der Waals surface area contributed by atoms with Gasteiger partial charge in [-0.05, 0) is 44.7 Å². The van der Waals surface area contributed by atoms with E-state index in [0.717, 1.165) is 29.7 Å². The highest BCUT2D eigenvalue weighted by molar-refractivity contribution is 6.11. The zero-order valence-electron chi connectivity index (χ0n) is 19.7. The van der Waals surface area contributed by atoms with E-state index in [1.165, 1.54) is 6.92 Å². The number of benzene rings is 1. The van der Waals surface area contributed by atoms with E-state index in [9.17, 15) is 19.2 Å². The van der Waals surface area contributed by atoms with E-state index in [2.05, 4.69) is 5.32 Å². The Kier molecular flexibility index (Phi) is 7.36. The summed E-state index contributed by atoms with van der Waals surface area (Å²) >= 11 is 0. The van der Waals surface area contributed by atoms with Crippen molar-refractivity contribution in [3.63, 3.8) is 0 Å². The molecule has 1 aliphatic heterocycles. The maximum absolute atomic E-state index is 13.1. The van der Waals surface area contributed by atoms with Crippen molar-refractivity contribution in [1.82, 2.24) is 0 Å². The summed E-state index contributed by atoms with van der Waals surface area (Å²) in [5.74, 6) is -2.24. The largest absolute Gasteiger partial charge is 0.462 e. The number of ketones is 1. The van der Waals surface area contributed by atoms with Crippen LogP contribution in [0.5, 0.6) is 0 Å². The normalized spacial score (nSPS) is 15.6. The Morgan fingerprint density at radius 2 is 1.76 bits per heavy atom. The Labute approximate surface area is 193 Å². The molecule has 2 amide bonds. The first-order valence-electron chi connectivity index (χ1n) is 11.3. The highest BCUT2D eigenvalue weighted by Crippen LogP contribution is 2.34. The first kappa shape index (κ1) is 24.2. The second kappa shape index (κ2) is 10.0. The third-order valence-corrected chi connectivity index (χ3v) is 5.88. The fourth-order valence-corrected chi connectivity index (χ4v) is 4.33. The van der Waals surface area contributed by atoms with Crippen LogP contribution in [0.3, 0.4) is 0 Å². The molecule has 2 aromatic rings. The second-order valence-electron chi connectivity index (χ2n) is 8.04. The zero-order valence-corrected chi connectivity index (χ0v) is 19.7. The van der Waals surface area contributed by atoms with Crippen molar-refractivity contribution in [2.24, 2.45) is 5.92 Å². The van der Waals surface area contributed by atoms with E-state index in [-0.39, 0.29) is 54.0 Å². The van der Waals surface area contributed by atoms with Crippen molar-refractivity contribution in [3.8, 4) is 0 Å². The van der Waals surface area contributed by atoms with Crippen molar-refractivity contribution >= 4 is 35.1 Å². The summed E-state index contributed by atoms with van der Waals surface area (Å²) in [5, 5.41) is 2.62. The maximum Gasteiger partial charge on any atom is 0.344 e. The number of hydrogen-bond donors (Lipinski definition) is 1. The lowest BCUT2D eigenvalue weighted by molar-refractivity contribution is -0.122. The lowest BCUT2D eigenvalue weighted by atomic mass is 10.0. The number of esters is 1. The summed E-state index contributed by atoms with van der Waals surface area (Å²) in [6.45, 7) is 8.91. The molecule has 33 heavy (non-hydrogen) atoms. The van der Waals surface area contributed by atoms with Crippen LogP contribution in [0.2, 0.25) is 0 Å². The van der Waals surface area contributed by atoms with Gasteiger partial charge in [-0.15, -0.1) is 0 Å². The third kappa shape index (κ3) is 4.69. The molecule has 2 heterocycles. The predicted molar refractivity (Wildman–Crippen MR) is 124 cm³/mol. The monoisotopic (exact) mass is 454 g/mol. The van der Waals surface area contributed by atoms with Gasteiger partial charge in [-0.25, -0.2) is 4.79 Å². The molecule has 1 fully saturated rings. The lowest BCUT2D eigenvalue weighted by Gasteiger charge is -2.23. The minimum absolute atomic E-state index is 0.0427. The SMILES string of the molecule is CCOC(=O)c1c(NC(=O)C2CC(=O)N(c3c(CC)cccc3CC)C2)oc(C)c1C(C)=O. The molecule has 176 valence electrons. The predicted octanol–water partition coefficient (Wildman–Crippen LogP) is 4.08. The molecule has 8 nitrogen and oxygen atoms in total. The van der Waals surface area contributed by atoms with Gasteiger partial charge in [0.15, 0.2) is 5.78 Å². The topological polar surface area (TPSA) is 106 Å². The molecule has 3 rings (SSSR count). The van der Waals surface area contributed by atoms with Gasteiger partial charge in [-0.3, -0.25) is 19.7 Å². The van der Waals surface area contributed by atoms with Gasteiger partial charge in [-0.1, -0.05) is 32.0 Å². The lowest BCUT2D eigenvalue weighted by Crippen LogP contribution is -2.29. The Hall–Kier alpha value is -3.42. The first-order chi connectivity index (χ1) is 15.7. The van der Waals surface area contributed by atoms with Crippen molar-refractivity contribution in [1.29, 1.82) is 0 Å². The molecule has 0 saturated carbocycles. The minimum atomic E-state index is -0.747. The van der Waals surface area contributed by atoms with E-state index >= 15 is 0 Å². The number of Topliss-reactive ketones (excluding diaryl/α,β-unsaturated/α-hetero) is 1. The number of ether oxygens (including phenoxy) is 1. The van der Waals surface area contributed by atoms with Crippen LogP contribution in [0.25, 0.3) is 0 Å². The van der Waals surface area contributed by atoms with Gasteiger partial charge in [0.05, 0.1) is 18.1 Å². The zero-order chi connectivity index (χ0) is 24.3. The smallest absolute Gasteiger partial charge is 0.344 e. The van der Waals surface area contributed by atoms with E-state index in [0.29, 0.717) is 0 Å². The number of amides is 2. The van der Waals surface area contributed by atoms with Gasteiger partial charge in [0.25, 0.3) is 0 Å². The molecule has 1 aromatic carbocycles. The Morgan fingerprint density at radius 1 is 1.12 bits per heavy atom. The maximum atomic E-state index is 13.1. The molecule has 1 unspecified atom stereocenters. The van der Waals surface area contributed by atoms with Crippen LogP contribution in [0.1, 0.15) is 71.7 Å². The molecule has 0 aliphatic carbocycles. The number of rotatable bonds is 8. The number of hydrogen-bond acceptors (Lipinski definition) is 6. The van der Waals surface area contributed by atoms with E-state index in [1.807, 2.05) is 32.0 Å². The van der Waals surface area contributed by atoms with E-state index in [1.54, 1.807) is 18.7 Å². The van der Waals surface area contributed by atoms with Crippen molar-refractivity contribution in [3.05, 3.63) is 46.2 Å². The number of carbonyl (C=O) groups excluding carboxylic acids is 4. The highest BCUT2D eigenvalue weighted by Gasteiger charge is 2.38. The number of anilines is 2. The van der Waals surface area contributed by atoms with Gasteiger partial charge in [0.1, 0.15) is 11.3 Å². The fraction of sp³-hybridized carbons (Fsp3) is 0.440. The summed E-state index contributed by atoms with van der Waals surface area (Å²) in [6.07, 6.45) is 1.58. The Bertz CT molecular complexity index is 1080. The molecule has 0 radical (unpaired) electrons. The Balaban J connectivity index is 1.88. The quantitative estimate of drug-likeness (QED) is 0.476. The molecular formula is C25H30N2O6. The van der Waals surface area contributed by atoms with Crippen LogP contribution in [0.4, 0.5) is 11.6 Å². The average molecular weight is 455 g/mol. The molecule has 1 N–H and O–H groups in total. The summed E-state index contributed by atoms with van der Waals surface area (Å²) in [6, 6.07) is 5.97. The van der Waals surface area contributed by atoms with Crippen LogP contribution in [0, 0.1) is 12.8 Å². The molecule has 0 bridgehead atoms. The molecule has 1 saturated heterocycles. The standard InChI is InChI=1S/C25H30N2O6/c1-6-16-10-9-11-17(7-2)22(16)27-13-18(12-19(27)29)23(30)26-24-21(25(31)32-8-3)20(14(4)28)15(5)33-24/h9-11,18H,6-8,12-13H2,1-5H3,(H,26,30). The number of para-hydroxylation sites is 1. The minimum Gasteiger partial charge on any atom is -0.462 e. The summed E-state index contributed by atoms with van der Waals surface area (Å²) in [7, 11) is 0. The number of carbonyl (C=O) groups is 4. The summed E-state index contributed by atoms with van der Waals surface area (Å²) in [5.41, 5.74) is 2.98. The Morgan fingerprint density at radius 3 is 2.30 bits per heavy atom. The highest BCUT2D eigenvalue weighted by atomic mass is 16.5. The molecular weight excluding hydrogens is 424 g/mol. The fourth-order valence-electron chi connectivity index (χ4n) is 4.33. The van der Waals surface area contributed by atoms with Crippen LogP contribution in [-0.2, 0) is 27.2 Å². The molecule has 0 spiro atoms. The third-order valence-electron chi connectivity index (χ3n) is 5.88. The summed E-state index contributed by atoms with van der Waals surface area (Å²) < 4.78 is 10.6. The van der Waals surface area contributed by atoms with E-state index < -0.39 is 17.8 Å². The van der Waals surface area contributed by atoms with Crippen molar-refractivity contribution in [2.45, 2.75) is 53.9 Å². The molecule has 1 aliphatic rings. The second-order valence-corrected chi connectivity index (χ2v) is 8.04. The average Bonchev–Trinajstić information content (AvgIpc) is 3.32. The van der Waals surface area contributed by atoms with Crippen LogP contribution < -0.4 is 10.2 Å². The first-order valence-corrected chi connectivity index (χ1v) is 11.3. The molecule has 1 atom stereocenters. The van der Waals surface area contributed by atoms with Gasteiger partial charge >= 0.3 is 5.97 Å². The van der Waals surface area contributed by atoms with Gasteiger partial charge in [-0.2, -0.15) is 0 Å². The number of nitrogens with one attached hydrogen (secondary N) is 1. The van der Waals surface area contributed by atoms with E-state index in [4.69, 9.17) is 9.15 Å². The van der Waals surface area contributed by atoms with Crippen molar-refractivity contribution in [2.75, 3.05) is 23.4 Å². The van der Waals surface area contributed by atoms with Gasteiger partial charge in [0.2, 0.25) is 17.7 Å². The summed E-state index contributed by atoms with van der Waals surface area (Å²) in [4.78, 5) is 52.2. The molecule has 1 aromatic heterocycles. The van der Waals surface area contributed by atoms with Crippen LogP contribution in [0.15, 0.2) is 22.6 Å². The van der Waals surface area contributed by atoms with Crippen LogP contribution >= 0.6 is 0 Å². The van der Waals surface area contributed by atoms with Gasteiger partial charge in [0, 0.05) is 18.7 Å². The number of aryl methyl sites for hydroxylation is 3. The number of furan rings is 1.